The minimum Gasteiger partial charge on any atom is -0.378 e. The third-order valence-corrected chi connectivity index (χ3v) is 10.7. The van der Waals surface area contributed by atoms with Crippen LogP contribution in [-0.4, -0.2) is 142 Å². The third-order valence-electron chi connectivity index (χ3n) is 10.3. The van der Waals surface area contributed by atoms with Crippen LogP contribution in [0.25, 0.3) is 22.2 Å². The molecule has 4 aromatic heterocycles. The second kappa shape index (κ2) is 21.0. The highest BCUT2D eigenvalue weighted by Gasteiger charge is 2.64. The standard InChI is InChI=1S/C40H50BrN11O9/c1-24-4-5-32(41)48-38(24)49-39(57)29-15-40(3)16-31(40)52(29)36(56)21-51-30-19-44-28(14-27(30)37(50-51)25(2)53)26-17-45-33(46-18-26)20-47-35(55)23-61-13-11-59-9-7-43-34(54)22-60-12-10-58-8-6-42/h4-5,14,17-19,29,31H,6-13,15-16,20-23,42H2,1-3H3,(H,43,54)(H,47,55)(H,48,49,57)/t29-,31?,40-/m0/s1. The summed E-state index contributed by atoms with van der Waals surface area (Å²) in [5, 5.41) is 13.3. The monoisotopic (exact) mass is 907 g/mol. The molecule has 1 unspecified atom stereocenters. The number of Topliss-reactive ketones (excluding diaryl/α,β-unsaturated/α-hetero) is 1. The van der Waals surface area contributed by atoms with Crippen molar-refractivity contribution >= 4 is 62.1 Å². The van der Waals surface area contributed by atoms with Crippen LogP contribution in [0.5, 0.6) is 0 Å². The number of halogens is 1. The van der Waals surface area contributed by atoms with E-state index in [-0.39, 0.29) is 92.7 Å². The summed E-state index contributed by atoms with van der Waals surface area (Å²) in [6.45, 7) is 7.48. The molecule has 0 spiro atoms. The van der Waals surface area contributed by atoms with Gasteiger partial charge in [-0.15, -0.1) is 0 Å². The number of ketones is 1. The number of carbonyl (C=O) groups excluding carboxylic acids is 5. The third kappa shape index (κ3) is 12.0. The lowest BCUT2D eigenvalue weighted by Crippen LogP contribution is -2.47. The molecular weight excluding hydrogens is 858 g/mol. The highest BCUT2D eigenvalue weighted by Crippen LogP contribution is 2.59. The first kappa shape index (κ1) is 45.2. The number of piperidine rings is 1. The Kier molecular flexibility index (Phi) is 15.5. The van der Waals surface area contributed by atoms with Gasteiger partial charge in [-0.25, -0.2) is 15.0 Å². The second-order valence-electron chi connectivity index (χ2n) is 15.0. The molecule has 0 aromatic carbocycles. The van der Waals surface area contributed by atoms with Crippen molar-refractivity contribution in [3.63, 3.8) is 0 Å². The molecule has 5 heterocycles. The van der Waals surface area contributed by atoms with Crippen LogP contribution >= 0.6 is 15.9 Å². The first-order valence-corrected chi connectivity index (χ1v) is 20.6. The number of nitrogens with zero attached hydrogens (tertiary/aromatic N) is 7. The molecule has 1 saturated carbocycles. The summed E-state index contributed by atoms with van der Waals surface area (Å²) >= 11 is 3.35. The Balaban J connectivity index is 0.959. The molecule has 2 fully saturated rings. The fourth-order valence-electron chi connectivity index (χ4n) is 6.99. The van der Waals surface area contributed by atoms with Gasteiger partial charge in [0.05, 0.1) is 63.6 Å². The number of nitrogens with two attached hydrogens (primary N) is 1. The normalized spacial score (nSPS) is 17.9. The Morgan fingerprint density at radius 1 is 0.902 bits per heavy atom. The van der Waals surface area contributed by atoms with E-state index in [4.69, 9.17) is 24.7 Å². The lowest BCUT2D eigenvalue weighted by atomic mass is 10.0. The van der Waals surface area contributed by atoms with Crippen molar-refractivity contribution in [2.24, 2.45) is 11.1 Å². The van der Waals surface area contributed by atoms with Gasteiger partial charge in [-0.2, -0.15) is 5.10 Å². The summed E-state index contributed by atoms with van der Waals surface area (Å²) in [4.78, 5) is 83.7. The van der Waals surface area contributed by atoms with E-state index >= 15 is 0 Å². The summed E-state index contributed by atoms with van der Waals surface area (Å²) < 4.78 is 23.2. The number of hydrogen-bond donors (Lipinski definition) is 4. The zero-order valence-electron chi connectivity index (χ0n) is 34.3. The molecule has 3 atom stereocenters. The molecule has 6 rings (SSSR count). The number of hydrogen-bond acceptors (Lipinski definition) is 15. The number of fused-ring (bicyclic) bond motifs is 2. The van der Waals surface area contributed by atoms with E-state index in [9.17, 15) is 24.0 Å². The molecule has 1 aliphatic carbocycles. The molecule has 0 radical (unpaired) electrons. The number of aryl methyl sites for hydroxylation is 1. The molecule has 5 N–H and O–H groups in total. The van der Waals surface area contributed by atoms with Crippen molar-refractivity contribution in [2.45, 2.75) is 58.8 Å². The SMILES string of the molecule is CC(=O)c1nn(CC(=O)N2C3C[C@]3(C)C[C@H]2C(=O)Nc2nc(Br)ccc2C)c2cnc(-c3cnc(CNC(=O)COCCOCCNC(=O)COCCOCCN)nc3)cc12. The smallest absolute Gasteiger partial charge is 0.248 e. The molecule has 2 aliphatic rings. The summed E-state index contributed by atoms with van der Waals surface area (Å²) in [6.07, 6.45) is 6.00. The molecule has 4 amide bonds. The summed E-state index contributed by atoms with van der Waals surface area (Å²) in [6, 6.07) is 4.58. The lowest BCUT2D eigenvalue weighted by molar-refractivity contribution is -0.138. The van der Waals surface area contributed by atoms with Crippen molar-refractivity contribution in [3.8, 4) is 11.3 Å². The van der Waals surface area contributed by atoms with Crippen LogP contribution in [0.15, 0.2) is 41.4 Å². The van der Waals surface area contributed by atoms with Crippen LogP contribution in [0.3, 0.4) is 0 Å². The zero-order chi connectivity index (χ0) is 43.5. The Morgan fingerprint density at radius 3 is 2.30 bits per heavy atom. The maximum absolute atomic E-state index is 14.0. The molecule has 1 aliphatic heterocycles. The first-order valence-electron chi connectivity index (χ1n) is 19.8. The highest BCUT2D eigenvalue weighted by molar-refractivity contribution is 9.10. The van der Waals surface area contributed by atoms with E-state index < -0.39 is 6.04 Å². The van der Waals surface area contributed by atoms with Crippen LogP contribution in [-0.2, 0) is 51.2 Å². The van der Waals surface area contributed by atoms with Crippen molar-refractivity contribution in [3.05, 3.63) is 58.5 Å². The minimum atomic E-state index is -0.685. The van der Waals surface area contributed by atoms with Gasteiger partial charge in [-0.05, 0) is 58.8 Å². The Morgan fingerprint density at radius 2 is 1.59 bits per heavy atom. The van der Waals surface area contributed by atoms with Crippen LogP contribution in [0, 0.1) is 12.3 Å². The van der Waals surface area contributed by atoms with E-state index in [1.807, 2.05) is 13.0 Å². The van der Waals surface area contributed by atoms with Gasteiger partial charge in [0.15, 0.2) is 5.78 Å². The number of likely N-dealkylation sites (tertiary alicyclic amines) is 1. The second-order valence-corrected chi connectivity index (χ2v) is 15.8. The van der Waals surface area contributed by atoms with Gasteiger partial charge in [-0.3, -0.25) is 33.6 Å². The summed E-state index contributed by atoms with van der Waals surface area (Å²) in [7, 11) is 0. The summed E-state index contributed by atoms with van der Waals surface area (Å²) in [5.74, 6) is -0.729. The molecule has 326 valence electrons. The molecule has 0 bridgehead atoms. The van der Waals surface area contributed by atoms with E-state index in [0.29, 0.717) is 77.7 Å². The number of aromatic nitrogens is 6. The maximum atomic E-state index is 14.0. The lowest BCUT2D eigenvalue weighted by Gasteiger charge is -2.27. The molecule has 1 saturated heterocycles. The Labute approximate surface area is 360 Å². The van der Waals surface area contributed by atoms with E-state index in [0.717, 1.165) is 12.0 Å². The number of anilines is 1. The van der Waals surface area contributed by atoms with Crippen LogP contribution in [0.2, 0.25) is 0 Å². The number of rotatable bonds is 23. The zero-order valence-corrected chi connectivity index (χ0v) is 35.9. The number of nitrogens with one attached hydrogen (secondary N) is 3. The number of carbonyl (C=O) groups is 5. The molecule has 20 nitrogen and oxygen atoms in total. The Bertz CT molecular complexity index is 2220. The van der Waals surface area contributed by atoms with Gasteiger partial charge in [0.1, 0.15) is 47.7 Å². The number of ether oxygens (including phenoxy) is 4. The van der Waals surface area contributed by atoms with E-state index in [1.54, 1.807) is 35.6 Å². The maximum Gasteiger partial charge on any atom is 0.248 e. The molecule has 21 heteroatoms. The predicted molar refractivity (Wildman–Crippen MR) is 223 cm³/mol. The van der Waals surface area contributed by atoms with Gasteiger partial charge >= 0.3 is 0 Å². The molecule has 4 aromatic rings. The van der Waals surface area contributed by atoms with Crippen LogP contribution in [0.1, 0.15) is 48.6 Å². The predicted octanol–water partition coefficient (Wildman–Crippen LogP) is 1.33. The fraction of sp³-hybridized carbons (Fsp3) is 0.500. The minimum absolute atomic E-state index is 0.0605. The highest BCUT2D eigenvalue weighted by atomic mass is 79.9. The van der Waals surface area contributed by atoms with Crippen molar-refractivity contribution < 1.29 is 42.9 Å². The number of pyridine rings is 2. The average Bonchev–Trinajstić information content (AvgIpc) is 3.60. The first-order chi connectivity index (χ1) is 29.4. The van der Waals surface area contributed by atoms with E-state index in [2.05, 4.69) is 63.8 Å². The Hall–Kier alpha value is -5.32. The van der Waals surface area contributed by atoms with Crippen molar-refractivity contribution in [1.82, 2.24) is 45.2 Å². The fourth-order valence-corrected chi connectivity index (χ4v) is 7.29. The topological polar surface area (TPSA) is 257 Å². The van der Waals surface area contributed by atoms with Crippen LogP contribution < -0.4 is 21.7 Å². The van der Waals surface area contributed by atoms with Gasteiger partial charge in [0.25, 0.3) is 0 Å². The quantitative estimate of drug-likeness (QED) is 0.0465. The summed E-state index contributed by atoms with van der Waals surface area (Å²) in [5.41, 5.74) is 7.67. The van der Waals surface area contributed by atoms with Crippen LogP contribution in [0.4, 0.5) is 5.82 Å². The largest absolute Gasteiger partial charge is 0.378 e. The van der Waals surface area contributed by atoms with Crippen molar-refractivity contribution in [2.75, 3.05) is 71.3 Å². The average molecular weight is 909 g/mol. The van der Waals surface area contributed by atoms with Gasteiger partial charge in [0.2, 0.25) is 23.6 Å². The van der Waals surface area contributed by atoms with E-state index in [1.165, 1.54) is 11.6 Å². The van der Waals surface area contributed by atoms with Gasteiger partial charge < -0.3 is 45.5 Å². The molecule has 61 heavy (non-hydrogen) atoms. The van der Waals surface area contributed by atoms with Crippen molar-refractivity contribution in [1.29, 1.82) is 0 Å². The van der Waals surface area contributed by atoms with Gasteiger partial charge in [-0.1, -0.05) is 13.0 Å². The molecular formula is C40H50BrN11O9. The van der Waals surface area contributed by atoms with Gasteiger partial charge in [0, 0.05) is 49.4 Å². The number of amides is 4.